The van der Waals surface area contributed by atoms with Crippen molar-refractivity contribution in [3.05, 3.63) is 34.2 Å². The molecule has 3 amide bonds. The molecule has 0 aliphatic carbocycles. The molecule has 186 valence electrons. The molecule has 1 aromatic carbocycles. The largest absolute Gasteiger partial charge is 0.444 e. The summed E-state index contributed by atoms with van der Waals surface area (Å²) in [6.07, 6.45) is 0.216. The van der Waals surface area contributed by atoms with Crippen LogP contribution in [0.2, 0.25) is 0 Å². The second-order valence-corrected chi connectivity index (χ2v) is 9.93. The minimum atomic E-state index is -0.708. The lowest BCUT2D eigenvalue weighted by Crippen LogP contribution is -2.50. The van der Waals surface area contributed by atoms with Crippen LogP contribution >= 0.6 is 0 Å². The number of nitrogens with zero attached hydrogens (tertiary/aromatic N) is 4. The first-order valence-electron chi connectivity index (χ1n) is 11.8. The monoisotopic (exact) mass is 481 g/mol. The maximum absolute atomic E-state index is 12.9. The maximum Gasteiger partial charge on any atom is 0.410 e. The number of carbonyl (C=O) groups is 3. The first kappa shape index (κ1) is 24.5. The smallest absolute Gasteiger partial charge is 0.410 e. The number of rotatable bonds is 2. The summed E-state index contributed by atoms with van der Waals surface area (Å²) in [5.74, 6) is 5.57. The number of imide groups is 1. The quantitative estimate of drug-likeness (QED) is 0.511. The average Bonchev–Trinajstić information content (AvgIpc) is 3.03. The van der Waals surface area contributed by atoms with Crippen molar-refractivity contribution in [1.29, 1.82) is 0 Å². The Morgan fingerprint density at radius 2 is 1.83 bits per heavy atom. The summed E-state index contributed by atoms with van der Waals surface area (Å²) in [5, 5.41) is 2.32. The van der Waals surface area contributed by atoms with Gasteiger partial charge in [-0.25, -0.2) is 9.59 Å². The zero-order valence-electron chi connectivity index (χ0n) is 20.6. The van der Waals surface area contributed by atoms with Crippen LogP contribution in [0.25, 0.3) is 11.0 Å². The van der Waals surface area contributed by atoms with Gasteiger partial charge in [-0.05, 0) is 45.4 Å². The SMILES string of the molecule is Cn1c(=O)n(C2CCC(=O)NC2=O)c2ccc(C#CCN3CCN(C(=O)OC(C)(C)C)CC3)cc21. The van der Waals surface area contributed by atoms with E-state index in [1.165, 1.54) is 9.13 Å². The minimum absolute atomic E-state index is 0.203. The van der Waals surface area contributed by atoms with Gasteiger partial charge in [0, 0.05) is 45.2 Å². The number of ether oxygens (including phenoxy) is 1. The standard InChI is InChI=1S/C25H31N5O5/c1-25(2,3)35-24(34)29-14-12-28(13-15-29)11-5-6-17-7-8-18-20(16-17)27(4)23(33)30(18)19-9-10-21(31)26-22(19)32/h7-8,16,19H,9-15H2,1-4H3,(H,26,31,32). The zero-order valence-corrected chi connectivity index (χ0v) is 20.6. The van der Waals surface area contributed by atoms with Gasteiger partial charge in [-0.3, -0.25) is 28.9 Å². The molecule has 2 aliphatic heterocycles. The fraction of sp³-hybridized carbons (Fsp3) is 0.520. The highest BCUT2D eigenvalue weighted by molar-refractivity contribution is 6.00. The molecule has 0 spiro atoms. The zero-order chi connectivity index (χ0) is 25.3. The molecule has 10 heteroatoms. The third-order valence-corrected chi connectivity index (χ3v) is 6.17. The fourth-order valence-electron chi connectivity index (χ4n) is 4.34. The Balaban J connectivity index is 1.42. The van der Waals surface area contributed by atoms with E-state index in [-0.39, 0.29) is 24.1 Å². The van der Waals surface area contributed by atoms with Crippen molar-refractivity contribution in [2.24, 2.45) is 7.05 Å². The number of aryl methyl sites for hydroxylation is 1. The summed E-state index contributed by atoms with van der Waals surface area (Å²) in [5.41, 5.74) is 1.27. The predicted octanol–water partition coefficient (Wildman–Crippen LogP) is 1.22. The van der Waals surface area contributed by atoms with Crippen molar-refractivity contribution >= 4 is 28.9 Å². The van der Waals surface area contributed by atoms with Crippen LogP contribution in [0.1, 0.15) is 45.2 Å². The molecule has 2 fully saturated rings. The van der Waals surface area contributed by atoms with Gasteiger partial charge in [0.15, 0.2) is 0 Å². The van der Waals surface area contributed by atoms with Crippen LogP contribution < -0.4 is 11.0 Å². The number of aromatic nitrogens is 2. The van der Waals surface area contributed by atoms with Crippen LogP contribution in [0, 0.1) is 11.8 Å². The van der Waals surface area contributed by atoms with E-state index in [2.05, 4.69) is 22.1 Å². The minimum Gasteiger partial charge on any atom is -0.444 e. The van der Waals surface area contributed by atoms with E-state index in [9.17, 15) is 19.2 Å². The Morgan fingerprint density at radius 1 is 1.11 bits per heavy atom. The van der Waals surface area contributed by atoms with E-state index in [4.69, 9.17) is 4.74 Å². The van der Waals surface area contributed by atoms with Crippen LogP contribution in [0.4, 0.5) is 4.79 Å². The van der Waals surface area contributed by atoms with Crippen LogP contribution in [-0.2, 0) is 21.4 Å². The molecule has 1 aromatic heterocycles. The van der Waals surface area contributed by atoms with Gasteiger partial charge >= 0.3 is 11.8 Å². The molecular weight excluding hydrogens is 450 g/mol. The number of carbonyl (C=O) groups excluding carboxylic acids is 3. The number of piperidine rings is 1. The van der Waals surface area contributed by atoms with E-state index in [0.29, 0.717) is 37.1 Å². The van der Waals surface area contributed by atoms with Gasteiger partial charge in [-0.1, -0.05) is 11.8 Å². The first-order chi connectivity index (χ1) is 16.5. The number of nitrogens with one attached hydrogen (secondary N) is 1. The summed E-state index contributed by atoms with van der Waals surface area (Å²) in [6.45, 7) is 8.77. The lowest BCUT2D eigenvalue weighted by molar-refractivity contribution is -0.135. The molecule has 2 aliphatic rings. The number of imidazole rings is 1. The molecule has 4 rings (SSSR count). The van der Waals surface area contributed by atoms with Crippen molar-refractivity contribution in [1.82, 2.24) is 24.3 Å². The van der Waals surface area contributed by atoms with Gasteiger partial charge < -0.3 is 9.64 Å². The molecule has 35 heavy (non-hydrogen) atoms. The van der Waals surface area contributed by atoms with Crippen LogP contribution in [0.15, 0.2) is 23.0 Å². The van der Waals surface area contributed by atoms with Gasteiger partial charge in [-0.2, -0.15) is 0 Å². The van der Waals surface area contributed by atoms with Crippen LogP contribution in [0.5, 0.6) is 0 Å². The van der Waals surface area contributed by atoms with Crippen molar-refractivity contribution in [3.8, 4) is 11.8 Å². The van der Waals surface area contributed by atoms with Crippen LogP contribution in [0.3, 0.4) is 0 Å². The molecule has 1 atom stereocenters. The third-order valence-electron chi connectivity index (χ3n) is 6.17. The Kier molecular flexibility index (Phi) is 6.72. The number of piperazine rings is 1. The molecule has 0 bridgehead atoms. The number of hydrogen-bond acceptors (Lipinski definition) is 6. The second kappa shape index (κ2) is 9.58. The Hall–Kier alpha value is -3.58. The molecule has 10 nitrogen and oxygen atoms in total. The molecule has 2 aromatic rings. The van der Waals surface area contributed by atoms with E-state index in [0.717, 1.165) is 18.7 Å². The Bertz CT molecular complexity index is 1280. The Morgan fingerprint density at radius 3 is 2.49 bits per heavy atom. The fourth-order valence-corrected chi connectivity index (χ4v) is 4.34. The van der Waals surface area contributed by atoms with Crippen molar-refractivity contribution in [3.63, 3.8) is 0 Å². The van der Waals surface area contributed by atoms with E-state index >= 15 is 0 Å². The van der Waals surface area contributed by atoms with Gasteiger partial charge in [0.1, 0.15) is 11.6 Å². The highest BCUT2D eigenvalue weighted by atomic mass is 16.6. The normalized spacial score (nSPS) is 19.3. The van der Waals surface area contributed by atoms with Crippen molar-refractivity contribution in [2.75, 3.05) is 32.7 Å². The molecule has 0 radical (unpaired) electrons. The summed E-state index contributed by atoms with van der Waals surface area (Å²) in [6, 6.07) is 4.76. The molecule has 3 heterocycles. The molecule has 1 N–H and O–H groups in total. The van der Waals surface area contributed by atoms with E-state index in [1.54, 1.807) is 18.0 Å². The Labute approximate surface area is 203 Å². The predicted molar refractivity (Wildman–Crippen MR) is 130 cm³/mol. The maximum atomic E-state index is 12.9. The summed E-state index contributed by atoms with van der Waals surface area (Å²) >= 11 is 0. The van der Waals surface area contributed by atoms with Gasteiger partial charge in [0.2, 0.25) is 11.8 Å². The number of fused-ring (bicyclic) bond motifs is 1. The third kappa shape index (κ3) is 5.41. The van der Waals surface area contributed by atoms with Gasteiger partial charge in [-0.15, -0.1) is 0 Å². The van der Waals surface area contributed by atoms with Crippen molar-refractivity contribution in [2.45, 2.75) is 45.3 Å². The van der Waals surface area contributed by atoms with Crippen molar-refractivity contribution < 1.29 is 19.1 Å². The molecule has 2 saturated heterocycles. The number of amides is 3. The van der Waals surface area contributed by atoms with E-state index in [1.807, 2.05) is 32.9 Å². The summed E-state index contributed by atoms with van der Waals surface area (Å²) < 4.78 is 8.39. The van der Waals surface area contributed by atoms with Gasteiger partial charge in [0.05, 0.1) is 17.6 Å². The number of benzene rings is 1. The van der Waals surface area contributed by atoms with Crippen LogP contribution in [-0.4, -0.2) is 75.2 Å². The molecule has 0 saturated carbocycles. The second-order valence-electron chi connectivity index (χ2n) is 9.93. The molecular formula is C25H31N5O5. The summed E-state index contributed by atoms with van der Waals surface area (Å²) in [4.78, 5) is 52.8. The average molecular weight is 482 g/mol. The molecule has 1 unspecified atom stereocenters. The lowest BCUT2D eigenvalue weighted by Gasteiger charge is -2.34. The summed E-state index contributed by atoms with van der Waals surface area (Å²) in [7, 11) is 1.66. The highest BCUT2D eigenvalue weighted by Crippen LogP contribution is 2.23. The van der Waals surface area contributed by atoms with Gasteiger partial charge in [0.25, 0.3) is 0 Å². The lowest BCUT2D eigenvalue weighted by atomic mass is 10.1. The first-order valence-corrected chi connectivity index (χ1v) is 11.8. The topological polar surface area (TPSA) is 106 Å². The van der Waals surface area contributed by atoms with E-state index < -0.39 is 17.6 Å². The highest BCUT2D eigenvalue weighted by Gasteiger charge is 2.31. The number of hydrogen-bond donors (Lipinski definition) is 1.